The van der Waals surface area contributed by atoms with Gasteiger partial charge in [-0.25, -0.2) is 0 Å². The van der Waals surface area contributed by atoms with E-state index >= 15 is 0 Å². The zero-order valence-electron chi connectivity index (χ0n) is 7.41. The molecule has 64 valence electrons. The van der Waals surface area contributed by atoms with Crippen molar-refractivity contribution in [3.8, 4) is 0 Å². The highest BCUT2D eigenvalue weighted by molar-refractivity contribution is 5.73. The molecule has 0 spiro atoms. The minimum Gasteiger partial charge on any atom is -0.499 e. The molecule has 4 heteroatoms. The first kappa shape index (κ1) is 8.07. The molecule has 0 radical (unpaired) electrons. The average molecular weight is 160 g/mol. The van der Waals surface area contributed by atoms with Crippen molar-refractivity contribution in [1.82, 2.24) is 5.32 Å². The monoisotopic (exact) mass is 160 g/mol. The Bertz CT molecular complexity index is 161. The number of hydrogen-bond donors (Lipinski definition) is 2. The van der Waals surface area contributed by atoms with E-state index in [2.05, 4.69) is 5.32 Å². The second kappa shape index (κ2) is 5.73. The highest BCUT2D eigenvalue weighted by Crippen LogP contribution is 1.86. The fourth-order valence-corrected chi connectivity index (χ4v) is 0.466. The first-order valence-corrected chi connectivity index (χ1v) is 3.20. The van der Waals surface area contributed by atoms with Crippen LogP contribution in [0.4, 0.5) is 0 Å². The molecule has 4 nitrogen and oxygen atoms in total. The zero-order valence-corrected chi connectivity index (χ0v) is 6.41. The van der Waals surface area contributed by atoms with Crippen LogP contribution in [0.1, 0.15) is 8.29 Å². The first-order valence-electron chi connectivity index (χ1n) is 3.91. The number of carboxylic acids is 1. The summed E-state index contributed by atoms with van der Waals surface area (Å²) in [5.74, 6) is -1.01. The molecule has 11 heavy (non-hydrogen) atoms. The molecule has 0 aliphatic rings. The van der Waals surface area contributed by atoms with E-state index in [-0.39, 0.29) is 13.6 Å². The van der Waals surface area contributed by atoms with E-state index in [0.29, 0.717) is 0 Å². The predicted molar refractivity (Wildman–Crippen MR) is 41.2 cm³/mol. The first-order chi connectivity index (χ1) is 5.72. The predicted octanol–water partition coefficient (Wildman–Crippen LogP) is 0.209. The van der Waals surface area contributed by atoms with Crippen molar-refractivity contribution in [2.45, 2.75) is 13.0 Å². The van der Waals surface area contributed by atoms with Crippen LogP contribution in [-0.2, 0) is 9.53 Å². The molecule has 0 unspecified atom stereocenters. The van der Waals surface area contributed by atoms with Crippen LogP contribution in [0.15, 0.2) is 12.3 Å². The number of carbonyl (C=O) groups is 1. The maximum atomic E-state index is 10.4. The lowest BCUT2D eigenvalue weighted by atomic mass is 10.3. The van der Waals surface area contributed by atoms with Crippen LogP contribution in [0.5, 0.6) is 0 Å². The Morgan fingerprint density at radius 2 is 2.73 bits per heavy atom. The van der Waals surface area contributed by atoms with Crippen LogP contribution in [0.3, 0.4) is 0 Å². The van der Waals surface area contributed by atoms with Gasteiger partial charge >= 0.3 is 5.97 Å². The van der Waals surface area contributed by atoms with Crippen molar-refractivity contribution < 1.29 is 16.0 Å². The standard InChI is InChI=1S/C7H13NO3/c1-3-4-11-5-6(8-2)7(9)10/h3-4,6,8H,5H2,1-2H3,(H,9,10)/t6-/m0/s1/i2D. The Morgan fingerprint density at radius 3 is 3.18 bits per heavy atom. The van der Waals surface area contributed by atoms with E-state index in [0.717, 1.165) is 0 Å². The van der Waals surface area contributed by atoms with Gasteiger partial charge in [0.15, 0.2) is 0 Å². The molecule has 2 N–H and O–H groups in total. The topological polar surface area (TPSA) is 58.6 Å². The van der Waals surface area contributed by atoms with Gasteiger partial charge < -0.3 is 15.2 Å². The third-order valence-corrected chi connectivity index (χ3v) is 1.04. The van der Waals surface area contributed by atoms with Gasteiger partial charge in [-0.3, -0.25) is 4.79 Å². The van der Waals surface area contributed by atoms with E-state index in [1.54, 1.807) is 13.0 Å². The van der Waals surface area contributed by atoms with Crippen molar-refractivity contribution in [1.29, 1.82) is 0 Å². The van der Waals surface area contributed by atoms with Crippen molar-refractivity contribution in [2.24, 2.45) is 0 Å². The molecule has 0 aromatic carbocycles. The van der Waals surface area contributed by atoms with Crippen molar-refractivity contribution >= 4 is 5.97 Å². The molecule has 0 amide bonds. The number of carboxylic acid groups (broad SMARTS) is 1. The number of likely N-dealkylation sites (N-methyl/N-ethyl adjacent to an activating group) is 1. The Hall–Kier alpha value is -1.03. The summed E-state index contributed by atoms with van der Waals surface area (Å²) in [4.78, 5) is 10.4. The normalized spacial score (nSPS) is 14.5. The van der Waals surface area contributed by atoms with E-state index in [9.17, 15) is 4.79 Å². The molecular weight excluding hydrogens is 146 g/mol. The lowest BCUT2D eigenvalue weighted by Crippen LogP contribution is -2.37. The van der Waals surface area contributed by atoms with E-state index in [1.165, 1.54) is 6.26 Å². The van der Waals surface area contributed by atoms with E-state index < -0.39 is 12.0 Å². The van der Waals surface area contributed by atoms with Crippen molar-refractivity contribution in [3.05, 3.63) is 12.3 Å². The number of nitrogens with one attached hydrogen (secondary N) is 1. The fourth-order valence-electron chi connectivity index (χ4n) is 0.466. The van der Waals surface area contributed by atoms with Crippen LogP contribution in [0, 0.1) is 0 Å². The summed E-state index contributed by atoms with van der Waals surface area (Å²) < 4.78 is 11.6. The molecule has 0 rings (SSSR count). The molecule has 0 bridgehead atoms. The maximum absolute atomic E-state index is 10.4. The van der Waals surface area contributed by atoms with Gasteiger partial charge in [0.25, 0.3) is 0 Å². The lowest BCUT2D eigenvalue weighted by Gasteiger charge is -2.09. The maximum Gasteiger partial charge on any atom is 0.324 e. The molecule has 0 saturated heterocycles. The summed E-state index contributed by atoms with van der Waals surface area (Å²) in [5, 5.41) is 11.0. The summed E-state index contributed by atoms with van der Waals surface area (Å²) in [6.45, 7) is 1.81. The summed E-state index contributed by atoms with van der Waals surface area (Å²) in [5.41, 5.74) is 0. The minimum absolute atomic E-state index is 0.0402. The average Bonchev–Trinajstić information content (AvgIpc) is 2.03. The van der Waals surface area contributed by atoms with Crippen LogP contribution in [0.25, 0.3) is 0 Å². The smallest absolute Gasteiger partial charge is 0.324 e. The Morgan fingerprint density at radius 1 is 2.00 bits per heavy atom. The zero-order chi connectivity index (χ0) is 9.40. The number of rotatable bonds is 5. The van der Waals surface area contributed by atoms with Gasteiger partial charge in [0, 0.05) is 1.37 Å². The molecule has 0 aromatic heterocycles. The van der Waals surface area contributed by atoms with E-state index in [4.69, 9.17) is 11.2 Å². The molecule has 0 heterocycles. The van der Waals surface area contributed by atoms with Crippen molar-refractivity contribution in [3.63, 3.8) is 0 Å². The van der Waals surface area contributed by atoms with Crippen LogP contribution in [-0.4, -0.2) is 30.7 Å². The highest BCUT2D eigenvalue weighted by Gasteiger charge is 2.13. The Balaban J connectivity index is 3.71. The van der Waals surface area contributed by atoms with Gasteiger partial charge in [-0.2, -0.15) is 0 Å². The Kier molecular flexibility index (Phi) is 4.21. The van der Waals surface area contributed by atoms with Crippen LogP contribution >= 0.6 is 0 Å². The molecule has 0 fully saturated rings. The number of hydrogen-bond acceptors (Lipinski definition) is 3. The number of ether oxygens (including phenoxy) is 1. The second-order valence-electron chi connectivity index (χ2n) is 1.90. The molecular formula is C7H13NO3. The third kappa shape index (κ3) is 4.38. The van der Waals surface area contributed by atoms with Crippen LogP contribution in [0.2, 0.25) is 0 Å². The third-order valence-electron chi connectivity index (χ3n) is 1.04. The van der Waals surface area contributed by atoms with Gasteiger partial charge in [-0.1, -0.05) is 6.08 Å². The van der Waals surface area contributed by atoms with E-state index in [1.807, 2.05) is 0 Å². The van der Waals surface area contributed by atoms with Gasteiger partial charge in [-0.05, 0) is 13.9 Å². The molecule has 1 atom stereocenters. The van der Waals surface area contributed by atoms with Gasteiger partial charge in [0.1, 0.15) is 12.6 Å². The second-order valence-corrected chi connectivity index (χ2v) is 1.90. The summed E-state index contributed by atoms with van der Waals surface area (Å²) in [6.07, 6.45) is 3.08. The highest BCUT2D eigenvalue weighted by atomic mass is 16.5. The summed E-state index contributed by atoms with van der Waals surface area (Å²) in [6, 6.07) is -0.807. The van der Waals surface area contributed by atoms with Crippen molar-refractivity contribution in [2.75, 3.05) is 13.6 Å². The SMILES string of the molecule is [2H]CN[C@@H](COC=CC)C(=O)O. The molecule has 0 aliphatic carbocycles. The summed E-state index contributed by atoms with van der Waals surface area (Å²) >= 11 is 0. The quantitative estimate of drug-likeness (QED) is 0.564. The fraction of sp³-hybridized carbons (Fsp3) is 0.571. The van der Waals surface area contributed by atoms with Gasteiger partial charge in [-0.15, -0.1) is 0 Å². The number of aliphatic carboxylic acids is 1. The summed E-state index contributed by atoms with van der Waals surface area (Å²) in [7, 11) is -0.129. The van der Waals surface area contributed by atoms with Gasteiger partial charge in [0.05, 0.1) is 6.26 Å². The number of allylic oxidation sites excluding steroid dienone is 1. The van der Waals surface area contributed by atoms with Crippen LogP contribution < -0.4 is 5.32 Å². The largest absolute Gasteiger partial charge is 0.499 e. The van der Waals surface area contributed by atoms with Gasteiger partial charge in [0.2, 0.25) is 0 Å². The lowest BCUT2D eigenvalue weighted by molar-refractivity contribution is -0.140. The Labute approximate surface area is 67.3 Å². The molecule has 0 saturated carbocycles. The molecule has 0 aliphatic heterocycles. The minimum atomic E-state index is -1.01. The molecule has 0 aromatic rings.